The van der Waals surface area contributed by atoms with Gasteiger partial charge in [0.1, 0.15) is 21.8 Å². The third-order valence-corrected chi connectivity index (χ3v) is 12.9. The molecule has 0 fully saturated rings. The Balaban J connectivity index is 1.47. The Morgan fingerprint density at radius 3 is 1.81 bits per heavy atom. The molecule has 0 bridgehead atoms. The molecule has 0 aliphatic heterocycles. The van der Waals surface area contributed by atoms with Crippen LogP contribution in [-0.2, 0) is 20.8 Å². The van der Waals surface area contributed by atoms with E-state index in [2.05, 4.69) is 147 Å². The highest BCUT2D eigenvalue weighted by atomic mass is 32.2. The Hall–Kier alpha value is -5.70. The molecule has 6 nitrogen and oxygen atoms in total. The van der Waals surface area contributed by atoms with Crippen molar-refractivity contribution in [2.45, 2.75) is 42.9 Å². The predicted molar refractivity (Wildman–Crippen MR) is 221 cm³/mol. The average molecular weight is 745 g/mol. The van der Waals surface area contributed by atoms with Crippen molar-refractivity contribution in [1.82, 2.24) is 19.7 Å². The van der Waals surface area contributed by atoms with E-state index < -0.39 is 15.4 Å². The number of aromatic nitrogens is 4. The van der Waals surface area contributed by atoms with E-state index in [4.69, 9.17) is 10.1 Å². The first-order chi connectivity index (χ1) is 26.0. The molecule has 3 aromatic heterocycles. The van der Waals surface area contributed by atoms with Gasteiger partial charge in [-0.25, -0.2) is 18.4 Å². The van der Waals surface area contributed by atoms with Crippen LogP contribution in [0.15, 0.2) is 156 Å². The molecule has 5 aromatic carbocycles. The van der Waals surface area contributed by atoms with Gasteiger partial charge in [-0.2, -0.15) is 5.10 Å². The monoisotopic (exact) mass is 744 g/mol. The zero-order valence-corrected chi connectivity index (χ0v) is 32.5. The highest BCUT2D eigenvalue weighted by Gasteiger charge is 2.40. The van der Waals surface area contributed by atoms with Crippen molar-refractivity contribution in [3.63, 3.8) is 0 Å². The van der Waals surface area contributed by atoms with E-state index in [1.165, 1.54) is 35.0 Å². The number of fused-ring (bicyclic) bond motifs is 1. The molecule has 0 unspecified atom stereocenters. The van der Waals surface area contributed by atoms with Crippen LogP contribution in [0.1, 0.15) is 48.6 Å². The quantitative estimate of drug-likeness (QED) is 0.145. The second-order valence-electron chi connectivity index (χ2n) is 14.7. The number of aryl methyl sites for hydroxylation is 1. The van der Waals surface area contributed by atoms with Crippen molar-refractivity contribution >= 4 is 32.1 Å². The van der Waals surface area contributed by atoms with Gasteiger partial charge in [0, 0.05) is 29.0 Å². The molecule has 0 amide bonds. The van der Waals surface area contributed by atoms with Crippen LogP contribution >= 0.6 is 11.3 Å². The van der Waals surface area contributed by atoms with Gasteiger partial charge in [0.05, 0.1) is 16.1 Å². The summed E-state index contributed by atoms with van der Waals surface area (Å²) in [6.45, 7) is 8.93. The number of thiophene rings is 1. The van der Waals surface area contributed by atoms with Crippen LogP contribution in [-0.4, -0.2) is 34.4 Å². The zero-order chi connectivity index (χ0) is 37.7. The Morgan fingerprint density at radius 1 is 0.648 bits per heavy atom. The average Bonchev–Trinajstić information content (AvgIpc) is 3.85. The van der Waals surface area contributed by atoms with Crippen LogP contribution in [0, 0.1) is 6.92 Å². The van der Waals surface area contributed by atoms with Crippen molar-refractivity contribution in [1.29, 1.82) is 0 Å². The predicted octanol–water partition coefficient (Wildman–Crippen LogP) is 10.7. The summed E-state index contributed by atoms with van der Waals surface area (Å²) in [5, 5.41) is 6.52. The molecule has 0 saturated heterocycles. The Morgan fingerprint density at radius 2 is 1.26 bits per heavy atom. The zero-order valence-electron chi connectivity index (χ0n) is 30.9. The van der Waals surface area contributed by atoms with Gasteiger partial charge in [0.15, 0.2) is 9.84 Å². The molecular formula is C46H40N4O2S2. The molecule has 0 radical (unpaired) electrons. The summed E-state index contributed by atoms with van der Waals surface area (Å²) in [6.07, 6.45) is 4.96. The first-order valence-electron chi connectivity index (χ1n) is 17.9. The largest absolute Gasteiger partial charge is 0.252 e. The molecule has 8 aromatic rings. The molecule has 0 spiro atoms. The molecule has 0 saturated carbocycles. The van der Waals surface area contributed by atoms with E-state index in [1.54, 1.807) is 6.07 Å². The van der Waals surface area contributed by atoms with Crippen LogP contribution in [0.4, 0.5) is 0 Å². The summed E-state index contributed by atoms with van der Waals surface area (Å²) in [7, 11) is -3.37. The maximum absolute atomic E-state index is 12.4. The van der Waals surface area contributed by atoms with Crippen molar-refractivity contribution in [2.75, 3.05) is 6.26 Å². The minimum Gasteiger partial charge on any atom is -0.252 e. The first-order valence-corrected chi connectivity index (χ1v) is 20.6. The Bertz CT molecular complexity index is 2630. The van der Waals surface area contributed by atoms with Gasteiger partial charge in [0.25, 0.3) is 0 Å². The molecular weight excluding hydrogens is 705 g/mol. The molecule has 8 heteroatoms. The fraction of sp³-hybridized carbons (Fsp3) is 0.152. The minimum absolute atomic E-state index is 0.169. The van der Waals surface area contributed by atoms with E-state index in [0.717, 1.165) is 54.9 Å². The summed E-state index contributed by atoms with van der Waals surface area (Å²) >= 11 is 1.22. The molecule has 8 rings (SSSR count). The van der Waals surface area contributed by atoms with E-state index in [0.29, 0.717) is 9.90 Å². The first kappa shape index (κ1) is 35.3. The van der Waals surface area contributed by atoms with Crippen molar-refractivity contribution in [3.8, 4) is 33.0 Å². The summed E-state index contributed by atoms with van der Waals surface area (Å²) < 4.78 is 27.3. The normalized spacial score (nSPS) is 12.3. The van der Waals surface area contributed by atoms with Crippen molar-refractivity contribution < 1.29 is 8.42 Å². The number of rotatable bonds is 8. The summed E-state index contributed by atoms with van der Waals surface area (Å²) in [5.41, 5.74) is 9.98. The second-order valence-corrected chi connectivity index (χ2v) is 18.1. The van der Waals surface area contributed by atoms with Crippen LogP contribution in [0.2, 0.25) is 0 Å². The maximum atomic E-state index is 12.4. The summed E-state index contributed by atoms with van der Waals surface area (Å²) in [5.74, 6) is 0. The SMILES string of the molecule is Cc1cccc(-c2nn(C(c3ccccc3)(c3ccccc3)c3ccccc3)cc2-c2ccc3ncnc(-c4ccc(S(C)(=O)=O)s4)c3c2)c1C(C)(C)C. The molecule has 3 heterocycles. The summed E-state index contributed by atoms with van der Waals surface area (Å²) in [6, 6.07) is 47.9. The third-order valence-electron chi connectivity index (χ3n) is 10.0. The molecule has 0 N–H and O–H groups in total. The van der Waals surface area contributed by atoms with E-state index in [9.17, 15) is 8.42 Å². The second kappa shape index (κ2) is 13.6. The summed E-state index contributed by atoms with van der Waals surface area (Å²) in [4.78, 5) is 10.1. The molecule has 268 valence electrons. The Kier molecular flexibility index (Phi) is 8.91. The van der Waals surface area contributed by atoms with Crippen LogP contribution in [0.25, 0.3) is 43.9 Å². The van der Waals surface area contributed by atoms with Crippen LogP contribution < -0.4 is 0 Å². The smallest absolute Gasteiger partial charge is 0.184 e. The minimum atomic E-state index is -3.37. The van der Waals surface area contributed by atoms with E-state index in [1.807, 2.05) is 30.3 Å². The fourth-order valence-corrected chi connectivity index (χ4v) is 9.76. The van der Waals surface area contributed by atoms with E-state index in [-0.39, 0.29) is 5.41 Å². The molecule has 0 aliphatic carbocycles. The number of sulfone groups is 1. The lowest BCUT2D eigenvalue weighted by Gasteiger charge is -2.36. The van der Waals surface area contributed by atoms with Gasteiger partial charge in [-0.15, -0.1) is 11.3 Å². The van der Waals surface area contributed by atoms with Gasteiger partial charge < -0.3 is 0 Å². The number of hydrogen-bond acceptors (Lipinski definition) is 6. The van der Waals surface area contributed by atoms with Crippen molar-refractivity contribution in [2.24, 2.45) is 0 Å². The van der Waals surface area contributed by atoms with Gasteiger partial charge in [0.2, 0.25) is 0 Å². The van der Waals surface area contributed by atoms with Crippen molar-refractivity contribution in [3.05, 3.63) is 180 Å². The number of hydrogen-bond donors (Lipinski definition) is 0. The Labute approximate surface area is 320 Å². The topological polar surface area (TPSA) is 77.7 Å². The third kappa shape index (κ3) is 6.15. The highest BCUT2D eigenvalue weighted by molar-refractivity contribution is 7.92. The maximum Gasteiger partial charge on any atom is 0.184 e. The number of benzene rings is 5. The standard InChI is InChI=1S/C46H40N4O2S2/c1-31-16-15-23-36(42(31)45(2,3)4)43-38(32-24-25-39-37(28-32)44(48-30-47-39)40-26-27-41(53-40)54(5,51)52)29-50(49-43)46(33-17-9-6-10-18-33,34-19-11-7-12-20-34)35-21-13-8-14-22-35/h6-30H,1-5H3. The highest BCUT2D eigenvalue weighted by Crippen LogP contribution is 2.46. The molecule has 0 atom stereocenters. The van der Waals surface area contributed by atoms with Crippen LogP contribution in [0.3, 0.4) is 0 Å². The fourth-order valence-electron chi connectivity index (χ4n) is 7.82. The molecule has 54 heavy (non-hydrogen) atoms. The molecule has 0 aliphatic rings. The van der Waals surface area contributed by atoms with Gasteiger partial charge in [-0.05, 0) is 70.0 Å². The van der Waals surface area contributed by atoms with Crippen LogP contribution in [0.5, 0.6) is 0 Å². The van der Waals surface area contributed by atoms with Gasteiger partial charge >= 0.3 is 0 Å². The van der Waals surface area contributed by atoms with Gasteiger partial charge in [-0.1, -0.05) is 136 Å². The lowest BCUT2D eigenvalue weighted by molar-refractivity contribution is 0.461. The lowest BCUT2D eigenvalue weighted by atomic mass is 9.77. The lowest BCUT2D eigenvalue weighted by Crippen LogP contribution is -2.38. The van der Waals surface area contributed by atoms with E-state index >= 15 is 0 Å². The van der Waals surface area contributed by atoms with Gasteiger partial charge in [-0.3, -0.25) is 4.68 Å². The number of nitrogens with zero attached hydrogens (tertiary/aromatic N) is 4.